The molecular weight excluding hydrogens is 424 g/mol. The number of aryl methyl sites for hydroxylation is 2. The van der Waals surface area contributed by atoms with Crippen LogP contribution in [0.3, 0.4) is 0 Å². The van der Waals surface area contributed by atoms with Gasteiger partial charge in [-0.2, -0.15) is 5.10 Å². The number of hydrogen-bond donors (Lipinski definition) is 3. The Hall–Kier alpha value is -3.88. The van der Waals surface area contributed by atoms with E-state index < -0.39 is 11.8 Å². The maximum absolute atomic E-state index is 12.3. The van der Waals surface area contributed by atoms with Crippen LogP contribution in [0.2, 0.25) is 0 Å². The van der Waals surface area contributed by atoms with Gasteiger partial charge in [0.1, 0.15) is 0 Å². The smallest absolute Gasteiger partial charge is 0.329 e. The summed E-state index contributed by atoms with van der Waals surface area (Å²) in [5.41, 5.74) is 5.47. The average Bonchev–Trinajstić information content (AvgIpc) is 2.78. The predicted octanol–water partition coefficient (Wildman–Crippen LogP) is 2.55. The van der Waals surface area contributed by atoms with E-state index >= 15 is 0 Å². The molecule has 0 spiro atoms. The minimum atomic E-state index is -0.853. The molecular formula is C24H30N4O5. The van der Waals surface area contributed by atoms with Crippen molar-refractivity contribution in [3.63, 3.8) is 0 Å². The van der Waals surface area contributed by atoms with Crippen LogP contribution in [0.1, 0.15) is 30.5 Å². The summed E-state index contributed by atoms with van der Waals surface area (Å²) in [7, 11) is 1.47. The number of hydrazone groups is 1. The highest BCUT2D eigenvalue weighted by molar-refractivity contribution is 6.35. The van der Waals surface area contributed by atoms with E-state index in [-0.39, 0.29) is 18.4 Å². The van der Waals surface area contributed by atoms with Gasteiger partial charge in [-0.3, -0.25) is 14.4 Å². The lowest BCUT2D eigenvalue weighted by Crippen LogP contribution is -2.39. The highest BCUT2D eigenvalue weighted by atomic mass is 16.5. The van der Waals surface area contributed by atoms with Gasteiger partial charge in [0.05, 0.1) is 13.3 Å². The van der Waals surface area contributed by atoms with E-state index in [4.69, 9.17) is 9.47 Å². The Labute approximate surface area is 193 Å². The highest BCUT2D eigenvalue weighted by Crippen LogP contribution is 2.27. The fraction of sp³-hybridized carbons (Fsp3) is 0.333. The standard InChI is InChI=1S/C24H30N4O5/c1-15(2)12-25-23(30)24(31)28-26-13-18-9-10-19(20(11-18)32-5)33-14-21(29)27-22-16(3)7-6-8-17(22)4/h6-11,13,15H,12,14H2,1-5H3,(H,25,30)(H,27,29)(H,28,31). The molecule has 0 saturated carbocycles. The summed E-state index contributed by atoms with van der Waals surface area (Å²) >= 11 is 0. The number of carbonyl (C=O) groups excluding carboxylic acids is 3. The van der Waals surface area contributed by atoms with Crippen molar-refractivity contribution >= 4 is 29.6 Å². The van der Waals surface area contributed by atoms with Crippen LogP contribution in [-0.4, -0.2) is 44.2 Å². The number of nitrogens with zero attached hydrogens (tertiary/aromatic N) is 1. The van der Waals surface area contributed by atoms with Crippen molar-refractivity contribution in [3.05, 3.63) is 53.1 Å². The molecule has 0 saturated heterocycles. The monoisotopic (exact) mass is 454 g/mol. The molecule has 0 atom stereocenters. The number of amides is 3. The molecule has 176 valence electrons. The second-order valence-corrected chi connectivity index (χ2v) is 7.82. The molecule has 9 heteroatoms. The molecule has 0 heterocycles. The van der Waals surface area contributed by atoms with Crippen LogP contribution in [0.25, 0.3) is 0 Å². The lowest BCUT2D eigenvalue weighted by Gasteiger charge is -2.13. The number of rotatable bonds is 9. The van der Waals surface area contributed by atoms with Crippen molar-refractivity contribution in [1.82, 2.24) is 10.7 Å². The van der Waals surface area contributed by atoms with E-state index in [1.54, 1.807) is 18.2 Å². The minimum Gasteiger partial charge on any atom is -0.493 e. The lowest BCUT2D eigenvalue weighted by atomic mass is 10.1. The van der Waals surface area contributed by atoms with E-state index in [0.717, 1.165) is 16.8 Å². The Bertz CT molecular complexity index is 1010. The zero-order chi connectivity index (χ0) is 24.4. The van der Waals surface area contributed by atoms with E-state index in [0.29, 0.717) is 23.6 Å². The molecule has 0 bridgehead atoms. The van der Waals surface area contributed by atoms with Crippen LogP contribution in [0, 0.1) is 19.8 Å². The fourth-order valence-corrected chi connectivity index (χ4v) is 2.81. The third-order valence-corrected chi connectivity index (χ3v) is 4.55. The van der Waals surface area contributed by atoms with Crippen molar-refractivity contribution < 1.29 is 23.9 Å². The van der Waals surface area contributed by atoms with Crippen molar-refractivity contribution in [1.29, 1.82) is 0 Å². The van der Waals surface area contributed by atoms with Gasteiger partial charge in [0.15, 0.2) is 18.1 Å². The van der Waals surface area contributed by atoms with E-state index in [9.17, 15) is 14.4 Å². The molecule has 2 rings (SSSR count). The van der Waals surface area contributed by atoms with Gasteiger partial charge in [0, 0.05) is 12.2 Å². The van der Waals surface area contributed by atoms with Crippen molar-refractivity contribution in [2.24, 2.45) is 11.0 Å². The van der Waals surface area contributed by atoms with Gasteiger partial charge in [0.2, 0.25) is 0 Å². The first-order valence-electron chi connectivity index (χ1n) is 10.5. The SMILES string of the molecule is COc1cc(C=NNC(=O)C(=O)NCC(C)C)ccc1OCC(=O)Nc1c(C)cccc1C. The number of anilines is 1. The molecule has 0 aliphatic rings. The topological polar surface area (TPSA) is 118 Å². The molecule has 0 aliphatic carbocycles. The lowest BCUT2D eigenvalue weighted by molar-refractivity contribution is -0.139. The van der Waals surface area contributed by atoms with Gasteiger partial charge < -0.3 is 20.1 Å². The Balaban J connectivity index is 1.93. The fourth-order valence-electron chi connectivity index (χ4n) is 2.81. The van der Waals surface area contributed by atoms with Crippen molar-refractivity contribution in [3.8, 4) is 11.5 Å². The van der Waals surface area contributed by atoms with E-state index in [1.807, 2.05) is 45.9 Å². The Morgan fingerprint density at radius 1 is 1.03 bits per heavy atom. The first-order valence-corrected chi connectivity index (χ1v) is 10.5. The summed E-state index contributed by atoms with van der Waals surface area (Å²) in [5.74, 6) is -0.895. The summed E-state index contributed by atoms with van der Waals surface area (Å²) in [4.78, 5) is 35.7. The highest BCUT2D eigenvalue weighted by Gasteiger charge is 2.13. The predicted molar refractivity (Wildman–Crippen MR) is 127 cm³/mol. The zero-order valence-electron chi connectivity index (χ0n) is 19.5. The minimum absolute atomic E-state index is 0.195. The summed E-state index contributed by atoms with van der Waals surface area (Å²) in [6.45, 7) is 7.90. The first kappa shape index (κ1) is 25.4. The molecule has 33 heavy (non-hydrogen) atoms. The van der Waals surface area contributed by atoms with Gasteiger partial charge in [-0.1, -0.05) is 32.0 Å². The Kier molecular flexibility index (Phi) is 9.41. The van der Waals surface area contributed by atoms with E-state index in [2.05, 4.69) is 21.2 Å². The molecule has 0 unspecified atom stereocenters. The normalized spacial score (nSPS) is 10.7. The second-order valence-electron chi connectivity index (χ2n) is 7.82. The second kappa shape index (κ2) is 12.2. The van der Waals surface area contributed by atoms with Gasteiger partial charge in [-0.05, 0) is 54.7 Å². The van der Waals surface area contributed by atoms with Crippen LogP contribution in [0.4, 0.5) is 5.69 Å². The third kappa shape index (κ3) is 7.95. The number of nitrogens with one attached hydrogen (secondary N) is 3. The summed E-state index contributed by atoms with van der Waals surface area (Å²) < 4.78 is 10.9. The number of para-hydroxylation sites is 1. The van der Waals surface area contributed by atoms with Crippen LogP contribution in [0.5, 0.6) is 11.5 Å². The molecule has 2 aromatic rings. The quantitative estimate of drug-likeness (QED) is 0.306. The molecule has 2 aromatic carbocycles. The molecule has 0 radical (unpaired) electrons. The number of carbonyl (C=O) groups is 3. The number of methoxy groups -OCH3 is 1. The van der Waals surface area contributed by atoms with Crippen molar-refractivity contribution in [2.75, 3.05) is 25.6 Å². The summed E-state index contributed by atoms with van der Waals surface area (Å²) in [6, 6.07) is 10.7. The Morgan fingerprint density at radius 2 is 1.73 bits per heavy atom. The average molecular weight is 455 g/mol. The van der Waals surface area contributed by atoms with Gasteiger partial charge in [-0.15, -0.1) is 0 Å². The third-order valence-electron chi connectivity index (χ3n) is 4.55. The number of benzene rings is 2. The molecule has 3 N–H and O–H groups in total. The first-order chi connectivity index (χ1) is 15.7. The summed E-state index contributed by atoms with van der Waals surface area (Å²) in [6.07, 6.45) is 1.37. The van der Waals surface area contributed by atoms with Crippen molar-refractivity contribution in [2.45, 2.75) is 27.7 Å². The molecule has 3 amide bonds. The van der Waals surface area contributed by atoms with Crippen LogP contribution in [-0.2, 0) is 14.4 Å². The van der Waals surface area contributed by atoms with Gasteiger partial charge in [-0.25, -0.2) is 5.43 Å². The maximum atomic E-state index is 12.3. The molecule has 0 aromatic heterocycles. The Morgan fingerprint density at radius 3 is 2.36 bits per heavy atom. The van der Waals surface area contributed by atoms with Crippen LogP contribution >= 0.6 is 0 Å². The molecule has 9 nitrogen and oxygen atoms in total. The molecule has 0 aliphatic heterocycles. The van der Waals surface area contributed by atoms with E-state index in [1.165, 1.54) is 13.3 Å². The maximum Gasteiger partial charge on any atom is 0.329 e. The number of ether oxygens (including phenoxy) is 2. The largest absolute Gasteiger partial charge is 0.493 e. The van der Waals surface area contributed by atoms with Crippen LogP contribution < -0.4 is 25.5 Å². The number of hydrogen-bond acceptors (Lipinski definition) is 6. The van der Waals surface area contributed by atoms with Gasteiger partial charge in [0.25, 0.3) is 5.91 Å². The zero-order valence-corrected chi connectivity index (χ0v) is 19.5. The molecule has 0 fully saturated rings. The van der Waals surface area contributed by atoms with Crippen LogP contribution in [0.15, 0.2) is 41.5 Å². The van der Waals surface area contributed by atoms with Gasteiger partial charge >= 0.3 is 11.8 Å². The summed E-state index contributed by atoms with van der Waals surface area (Å²) in [5, 5.41) is 9.15.